The van der Waals surface area contributed by atoms with E-state index in [1.165, 1.54) is 12.1 Å². The zero-order valence-corrected chi connectivity index (χ0v) is 14.8. The lowest BCUT2D eigenvalue weighted by Gasteiger charge is -2.36. The summed E-state index contributed by atoms with van der Waals surface area (Å²) in [5.41, 5.74) is 2.77. The molecule has 0 radical (unpaired) electrons. The lowest BCUT2D eigenvalue weighted by atomic mass is 10.2. The van der Waals surface area contributed by atoms with Crippen molar-refractivity contribution in [2.75, 3.05) is 49.5 Å². The molecular weight excluding hydrogens is 335 g/mol. The molecule has 26 heavy (non-hydrogen) atoms. The number of piperazine rings is 1. The first kappa shape index (κ1) is 18.1. The molecule has 7 heteroatoms. The Balaban J connectivity index is 1.43. The van der Waals surface area contributed by atoms with Crippen LogP contribution in [0.1, 0.15) is 5.56 Å². The number of anilines is 2. The number of rotatable bonds is 6. The van der Waals surface area contributed by atoms with E-state index in [1.807, 2.05) is 18.2 Å². The quantitative estimate of drug-likeness (QED) is 0.634. The predicted molar refractivity (Wildman–Crippen MR) is 101 cm³/mol. The van der Waals surface area contributed by atoms with E-state index < -0.39 is 0 Å². The molecule has 2 aromatic carbocycles. The number of nitro groups is 1. The maximum Gasteiger partial charge on any atom is 0.272 e. The van der Waals surface area contributed by atoms with Crippen LogP contribution in [0.5, 0.6) is 0 Å². The van der Waals surface area contributed by atoms with E-state index in [1.54, 1.807) is 19.1 Å². The normalized spacial score (nSPS) is 15.1. The monoisotopic (exact) mass is 358 g/mol. The van der Waals surface area contributed by atoms with Crippen molar-refractivity contribution in [3.05, 3.63) is 64.0 Å². The molecular formula is C19H23FN4O2. The van der Waals surface area contributed by atoms with Gasteiger partial charge in [0.1, 0.15) is 5.82 Å². The molecule has 0 spiro atoms. The first-order chi connectivity index (χ1) is 12.5. The summed E-state index contributed by atoms with van der Waals surface area (Å²) in [5.74, 6) is -0.208. The minimum absolute atomic E-state index is 0.146. The predicted octanol–water partition coefficient (Wildman–Crippen LogP) is 3.28. The molecule has 138 valence electrons. The summed E-state index contributed by atoms with van der Waals surface area (Å²) in [6.07, 6.45) is 0. The molecule has 0 unspecified atom stereocenters. The summed E-state index contributed by atoms with van der Waals surface area (Å²) in [4.78, 5) is 15.1. The van der Waals surface area contributed by atoms with Crippen LogP contribution in [0.4, 0.5) is 21.5 Å². The second kappa shape index (κ2) is 8.14. The van der Waals surface area contributed by atoms with E-state index in [0.29, 0.717) is 5.56 Å². The Kier molecular flexibility index (Phi) is 5.68. The van der Waals surface area contributed by atoms with Crippen molar-refractivity contribution >= 4 is 17.1 Å². The Labute approximate surface area is 152 Å². The zero-order valence-electron chi connectivity index (χ0n) is 14.8. The summed E-state index contributed by atoms with van der Waals surface area (Å²) in [6.45, 7) is 7.19. The van der Waals surface area contributed by atoms with Gasteiger partial charge in [0, 0.05) is 62.3 Å². The molecule has 0 amide bonds. The van der Waals surface area contributed by atoms with E-state index in [2.05, 4.69) is 15.1 Å². The number of nitro benzene ring substituents is 1. The van der Waals surface area contributed by atoms with Gasteiger partial charge in [0.2, 0.25) is 0 Å². The number of aryl methyl sites for hydroxylation is 1. The summed E-state index contributed by atoms with van der Waals surface area (Å²) < 4.78 is 13.0. The summed E-state index contributed by atoms with van der Waals surface area (Å²) in [5, 5.41) is 14.2. The number of benzene rings is 2. The average Bonchev–Trinajstić information content (AvgIpc) is 2.63. The van der Waals surface area contributed by atoms with Crippen molar-refractivity contribution in [1.82, 2.24) is 4.90 Å². The number of nitrogens with one attached hydrogen (secondary N) is 1. The lowest BCUT2D eigenvalue weighted by molar-refractivity contribution is -0.385. The van der Waals surface area contributed by atoms with Crippen LogP contribution in [-0.2, 0) is 0 Å². The van der Waals surface area contributed by atoms with Crippen molar-refractivity contribution in [1.29, 1.82) is 0 Å². The van der Waals surface area contributed by atoms with Gasteiger partial charge >= 0.3 is 0 Å². The smallest absolute Gasteiger partial charge is 0.272 e. The highest BCUT2D eigenvalue weighted by Crippen LogP contribution is 2.21. The summed E-state index contributed by atoms with van der Waals surface area (Å²) in [6, 6.07) is 11.7. The topological polar surface area (TPSA) is 61.6 Å². The maximum absolute atomic E-state index is 13.0. The molecule has 0 bridgehead atoms. The molecule has 1 saturated heterocycles. The van der Waals surface area contributed by atoms with Crippen LogP contribution in [0.2, 0.25) is 0 Å². The summed E-state index contributed by atoms with van der Waals surface area (Å²) >= 11 is 0. The SMILES string of the molecule is Cc1cc(NCCN2CCN(c3ccc(F)cc3)CC2)ccc1[N+](=O)[O-]. The second-order valence-corrected chi connectivity index (χ2v) is 6.49. The first-order valence-corrected chi connectivity index (χ1v) is 8.75. The van der Waals surface area contributed by atoms with Gasteiger partial charge in [-0.15, -0.1) is 0 Å². The number of hydrogen-bond donors (Lipinski definition) is 1. The molecule has 0 aliphatic carbocycles. The zero-order chi connectivity index (χ0) is 18.5. The molecule has 0 atom stereocenters. The third-order valence-electron chi connectivity index (χ3n) is 4.71. The Hall–Kier alpha value is -2.67. The molecule has 1 heterocycles. The fraction of sp³-hybridized carbons (Fsp3) is 0.368. The summed E-state index contributed by atoms with van der Waals surface area (Å²) in [7, 11) is 0. The molecule has 3 rings (SSSR count). The second-order valence-electron chi connectivity index (χ2n) is 6.49. The van der Waals surface area contributed by atoms with Gasteiger partial charge in [0.25, 0.3) is 5.69 Å². The largest absolute Gasteiger partial charge is 0.384 e. The van der Waals surface area contributed by atoms with Crippen LogP contribution < -0.4 is 10.2 Å². The van der Waals surface area contributed by atoms with E-state index in [-0.39, 0.29) is 16.4 Å². The fourth-order valence-electron chi connectivity index (χ4n) is 3.21. The van der Waals surface area contributed by atoms with Crippen LogP contribution in [0, 0.1) is 22.9 Å². The van der Waals surface area contributed by atoms with Crippen LogP contribution in [0.3, 0.4) is 0 Å². The Morgan fingerprint density at radius 2 is 1.81 bits per heavy atom. The van der Waals surface area contributed by atoms with Gasteiger partial charge < -0.3 is 10.2 Å². The Morgan fingerprint density at radius 1 is 1.12 bits per heavy atom. The number of hydrogen-bond acceptors (Lipinski definition) is 5. The van der Waals surface area contributed by atoms with E-state index in [4.69, 9.17) is 0 Å². The average molecular weight is 358 g/mol. The molecule has 6 nitrogen and oxygen atoms in total. The number of halogens is 1. The van der Waals surface area contributed by atoms with E-state index in [0.717, 1.165) is 50.6 Å². The van der Waals surface area contributed by atoms with Gasteiger partial charge in [-0.1, -0.05) is 0 Å². The molecule has 0 saturated carbocycles. The Morgan fingerprint density at radius 3 is 2.42 bits per heavy atom. The van der Waals surface area contributed by atoms with Gasteiger partial charge in [0.15, 0.2) is 0 Å². The van der Waals surface area contributed by atoms with Crippen LogP contribution in [0.25, 0.3) is 0 Å². The van der Waals surface area contributed by atoms with Crippen molar-refractivity contribution in [2.45, 2.75) is 6.92 Å². The molecule has 1 N–H and O–H groups in total. The van der Waals surface area contributed by atoms with Crippen LogP contribution in [-0.4, -0.2) is 49.1 Å². The van der Waals surface area contributed by atoms with E-state index >= 15 is 0 Å². The molecule has 1 aliphatic rings. The highest BCUT2D eigenvalue weighted by Gasteiger charge is 2.17. The molecule has 2 aromatic rings. The third kappa shape index (κ3) is 4.49. The van der Waals surface area contributed by atoms with Crippen molar-refractivity contribution < 1.29 is 9.31 Å². The van der Waals surface area contributed by atoms with Gasteiger partial charge in [-0.2, -0.15) is 0 Å². The van der Waals surface area contributed by atoms with E-state index in [9.17, 15) is 14.5 Å². The fourth-order valence-corrected chi connectivity index (χ4v) is 3.21. The van der Waals surface area contributed by atoms with Crippen molar-refractivity contribution in [2.24, 2.45) is 0 Å². The Bertz CT molecular complexity index is 759. The van der Waals surface area contributed by atoms with Crippen LogP contribution in [0.15, 0.2) is 42.5 Å². The van der Waals surface area contributed by atoms with Gasteiger partial charge in [-0.25, -0.2) is 4.39 Å². The lowest BCUT2D eigenvalue weighted by Crippen LogP contribution is -2.47. The standard InChI is InChI=1S/C19H23FN4O2/c1-15-14-17(4-7-19(15)24(25)26)21-8-9-22-10-12-23(13-11-22)18-5-2-16(20)3-6-18/h2-7,14,21H,8-13H2,1H3. The first-order valence-electron chi connectivity index (χ1n) is 8.75. The highest BCUT2D eigenvalue weighted by molar-refractivity contribution is 5.53. The minimum Gasteiger partial charge on any atom is -0.384 e. The molecule has 1 fully saturated rings. The third-order valence-corrected chi connectivity index (χ3v) is 4.71. The molecule has 0 aromatic heterocycles. The molecule has 1 aliphatic heterocycles. The maximum atomic E-state index is 13.0. The van der Waals surface area contributed by atoms with Crippen molar-refractivity contribution in [3.8, 4) is 0 Å². The minimum atomic E-state index is -0.361. The number of nitrogens with zero attached hydrogens (tertiary/aromatic N) is 3. The van der Waals surface area contributed by atoms with Gasteiger partial charge in [-0.3, -0.25) is 15.0 Å². The van der Waals surface area contributed by atoms with Gasteiger partial charge in [0.05, 0.1) is 4.92 Å². The van der Waals surface area contributed by atoms with Gasteiger partial charge in [-0.05, 0) is 43.3 Å². The van der Waals surface area contributed by atoms with Crippen molar-refractivity contribution in [3.63, 3.8) is 0 Å². The highest BCUT2D eigenvalue weighted by atomic mass is 19.1. The van der Waals surface area contributed by atoms with Crippen LogP contribution >= 0.6 is 0 Å².